The number of nitrogens with zero attached hydrogens (tertiary/aromatic N) is 1. The van der Waals surface area contributed by atoms with Gasteiger partial charge >= 0.3 is 0 Å². The third kappa shape index (κ3) is 5.87. The Balaban J connectivity index is 0.00000166. The van der Waals surface area contributed by atoms with Gasteiger partial charge in [0.25, 0.3) is 11.8 Å². The minimum Gasteiger partial charge on any atom is -0.394 e. The van der Waals surface area contributed by atoms with Gasteiger partial charge in [-0.1, -0.05) is 19.9 Å². The molecule has 0 radical (unpaired) electrons. The van der Waals surface area contributed by atoms with Crippen LogP contribution in [0.5, 0.6) is 0 Å². The van der Waals surface area contributed by atoms with Crippen molar-refractivity contribution in [3.8, 4) is 0 Å². The Morgan fingerprint density at radius 3 is 2.45 bits per heavy atom. The number of nitrogens with one attached hydrogen (secondary N) is 2. The lowest BCUT2D eigenvalue weighted by Gasteiger charge is -2.27. The minimum atomic E-state index is -0.991. The van der Waals surface area contributed by atoms with Crippen LogP contribution in [0.4, 0.5) is 5.69 Å². The molecule has 0 aromatic heterocycles. The van der Waals surface area contributed by atoms with E-state index in [0.29, 0.717) is 32.1 Å². The maximum atomic E-state index is 12.9. The number of piperidine rings is 1. The van der Waals surface area contributed by atoms with Crippen LogP contribution in [0.2, 0.25) is 0 Å². The van der Waals surface area contributed by atoms with Crippen molar-refractivity contribution >= 4 is 29.3 Å². The van der Waals surface area contributed by atoms with Gasteiger partial charge in [0.15, 0.2) is 0 Å². The van der Waals surface area contributed by atoms with Crippen LogP contribution in [0.25, 0.3) is 0 Å². The van der Waals surface area contributed by atoms with Crippen molar-refractivity contribution in [2.45, 2.75) is 32.7 Å². The largest absolute Gasteiger partial charge is 0.394 e. The fourth-order valence-corrected chi connectivity index (χ4v) is 3.31. The monoisotopic (exact) mass is 435 g/mol. The zero-order valence-corrected chi connectivity index (χ0v) is 17.8. The van der Waals surface area contributed by atoms with Crippen molar-refractivity contribution in [3.63, 3.8) is 0 Å². The van der Waals surface area contributed by atoms with Gasteiger partial charge in [-0.25, -0.2) is 0 Å². The molecule has 1 atom stereocenters. The molecule has 1 aromatic carbocycles. The minimum absolute atomic E-state index is 0.0384. The number of ether oxygens (including phenoxy) is 2. The number of carbonyl (C=O) groups excluding carboxylic acids is 4. The first kappa shape index (κ1) is 24.4. The van der Waals surface area contributed by atoms with Crippen molar-refractivity contribution in [1.82, 2.24) is 10.2 Å². The summed E-state index contributed by atoms with van der Waals surface area (Å²) in [6, 6.07) is 3.89. The Kier molecular flexibility index (Phi) is 9.57. The number of carbonyl (C=O) groups is 4. The summed E-state index contributed by atoms with van der Waals surface area (Å²) in [7, 11) is 0. The molecule has 2 aliphatic heterocycles. The molecule has 31 heavy (non-hydrogen) atoms. The lowest BCUT2D eigenvalue weighted by molar-refractivity contribution is -0.136. The molecule has 1 aromatic rings. The number of anilines is 1. The molecule has 2 aliphatic rings. The molecule has 1 saturated heterocycles. The van der Waals surface area contributed by atoms with Crippen molar-refractivity contribution < 1.29 is 33.8 Å². The zero-order chi connectivity index (χ0) is 22.8. The van der Waals surface area contributed by atoms with Gasteiger partial charge in [-0.15, -0.1) is 0 Å². The quantitative estimate of drug-likeness (QED) is 0.358. The van der Waals surface area contributed by atoms with Gasteiger partial charge in [0.1, 0.15) is 6.04 Å². The second kappa shape index (κ2) is 12.1. The van der Waals surface area contributed by atoms with Crippen LogP contribution in [0.15, 0.2) is 18.2 Å². The summed E-state index contributed by atoms with van der Waals surface area (Å²) in [5, 5.41) is 13.9. The molecule has 170 valence electrons. The highest BCUT2D eigenvalue weighted by Crippen LogP contribution is 2.32. The van der Waals surface area contributed by atoms with E-state index < -0.39 is 29.7 Å². The molecular formula is C21H29N3O7. The summed E-state index contributed by atoms with van der Waals surface area (Å²) in [6.07, 6.45) is 0.194. The van der Waals surface area contributed by atoms with E-state index in [4.69, 9.17) is 14.6 Å². The normalized spacial score (nSPS) is 17.8. The van der Waals surface area contributed by atoms with E-state index in [2.05, 4.69) is 10.6 Å². The Morgan fingerprint density at radius 2 is 1.77 bits per heavy atom. The second-order valence-electron chi connectivity index (χ2n) is 6.55. The third-order valence-corrected chi connectivity index (χ3v) is 4.64. The van der Waals surface area contributed by atoms with Gasteiger partial charge < -0.3 is 19.9 Å². The Hall–Kier alpha value is -2.82. The smallest absolute Gasteiger partial charge is 0.264 e. The lowest BCUT2D eigenvalue weighted by atomic mass is 10.0. The predicted molar refractivity (Wildman–Crippen MR) is 112 cm³/mol. The highest BCUT2D eigenvalue weighted by atomic mass is 16.5. The lowest BCUT2D eigenvalue weighted by Crippen LogP contribution is -2.54. The first-order valence-electron chi connectivity index (χ1n) is 10.4. The summed E-state index contributed by atoms with van der Waals surface area (Å²) in [5.41, 5.74) is 0.923. The fourth-order valence-electron chi connectivity index (χ4n) is 3.31. The van der Waals surface area contributed by atoms with Crippen molar-refractivity contribution in [1.29, 1.82) is 0 Å². The number of hydrogen-bond donors (Lipinski definition) is 3. The first-order chi connectivity index (χ1) is 15.0. The topological polar surface area (TPSA) is 134 Å². The average Bonchev–Trinajstić information content (AvgIpc) is 3.02. The number of aliphatic hydroxyl groups is 1. The average molecular weight is 435 g/mol. The van der Waals surface area contributed by atoms with Crippen LogP contribution in [0, 0.1) is 0 Å². The van der Waals surface area contributed by atoms with Gasteiger partial charge in [0.05, 0.1) is 44.2 Å². The number of benzene rings is 1. The van der Waals surface area contributed by atoms with E-state index in [0.717, 1.165) is 4.90 Å². The molecule has 0 aliphatic carbocycles. The van der Waals surface area contributed by atoms with E-state index in [1.54, 1.807) is 18.2 Å². The van der Waals surface area contributed by atoms with Crippen molar-refractivity contribution in [3.05, 3.63) is 29.3 Å². The number of rotatable bonds is 10. The summed E-state index contributed by atoms with van der Waals surface area (Å²) < 4.78 is 10.5. The van der Waals surface area contributed by atoms with Crippen LogP contribution < -0.4 is 10.6 Å². The molecule has 1 unspecified atom stereocenters. The number of hydrogen-bond acceptors (Lipinski definition) is 8. The van der Waals surface area contributed by atoms with Crippen LogP contribution in [0.3, 0.4) is 0 Å². The van der Waals surface area contributed by atoms with E-state index in [1.807, 2.05) is 13.8 Å². The summed E-state index contributed by atoms with van der Waals surface area (Å²) >= 11 is 0. The van der Waals surface area contributed by atoms with Gasteiger partial charge in [-0.05, 0) is 18.6 Å². The molecule has 0 spiro atoms. The molecule has 10 heteroatoms. The first-order valence-corrected chi connectivity index (χ1v) is 10.4. The molecule has 4 amide bonds. The molecule has 1 fully saturated rings. The maximum absolute atomic E-state index is 12.9. The molecule has 0 saturated carbocycles. The van der Waals surface area contributed by atoms with Crippen LogP contribution in [0.1, 0.15) is 47.4 Å². The summed E-state index contributed by atoms with van der Waals surface area (Å²) in [5.74, 6) is -2.14. The summed E-state index contributed by atoms with van der Waals surface area (Å²) in [6.45, 7) is 5.72. The second-order valence-corrected chi connectivity index (χ2v) is 6.55. The van der Waals surface area contributed by atoms with E-state index >= 15 is 0 Å². The zero-order valence-electron chi connectivity index (χ0n) is 17.8. The summed E-state index contributed by atoms with van der Waals surface area (Å²) in [4.78, 5) is 50.1. The van der Waals surface area contributed by atoms with E-state index in [1.165, 1.54) is 0 Å². The number of fused-ring (bicyclic) bond motifs is 1. The molecule has 0 bridgehead atoms. The Bertz CT molecular complexity index is 812. The highest BCUT2D eigenvalue weighted by molar-refractivity contribution is 6.25. The maximum Gasteiger partial charge on any atom is 0.264 e. The van der Waals surface area contributed by atoms with Crippen LogP contribution >= 0.6 is 0 Å². The van der Waals surface area contributed by atoms with Gasteiger partial charge in [0, 0.05) is 18.7 Å². The molecular weight excluding hydrogens is 406 g/mol. The molecule has 2 heterocycles. The SMILES string of the molecule is CC.O=C1CCC(N2C(=O)c3cccc(NCCOCCOCCO)c3C2=O)C(=O)N1. The number of aliphatic hydroxyl groups excluding tert-OH is 1. The van der Waals surface area contributed by atoms with Crippen molar-refractivity contribution in [2.24, 2.45) is 0 Å². The number of imide groups is 2. The molecule has 3 rings (SSSR count). The van der Waals surface area contributed by atoms with Gasteiger partial charge in [-0.2, -0.15) is 0 Å². The highest BCUT2D eigenvalue weighted by Gasteiger charge is 2.45. The number of amides is 4. The van der Waals surface area contributed by atoms with E-state index in [-0.39, 0.29) is 37.2 Å². The molecule has 3 N–H and O–H groups in total. The standard InChI is InChI=1S/C19H23N3O7.C2H6/c23-7-9-29-11-10-28-8-6-20-13-3-1-2-12-16(13)19(27)22(18(12)26)14-4-5-15(24)21-17(14)25;1-2/h1-3,14,20,23H,4-11H2,(H,21,24,25);1-2H3. The van der Waals surface area contributed by atoms with Crippen LogP contribution in [-0.4, -0.2) is 79.3 Å². The predicted octanol–water partition coefficient (Wildman–Crippen LogP) is 0.551. The Morgan fingerprint density at radius 1 is 1.06 bits per heavy atom. The van der Waals surface area contributed by atoms with Gasteiger partial charge in [0.2, 0.25) is 11.8 Å². The van der Waals surface area contributed by atoms with E-state index in [9.17, 15) is 19.2 Å². The van der Waals surface area contributed by atoms with Crippen LogP contribution in [-0.2, 0) is 19.1 Å². The Labute approximate surface area is 180 Å². The van der Waals surface area contributed by atoms with Gasteiger partial charge in [-0.3, -0.25) is 29.4 Å². The van der Waals surface area contributed by atoms with Crippen molar-refractivity contribution in [2.75, 3.05) is 44.9 Å². The third-order valence-electron chi connectivity index (χ3n) is 4.64. The molecule has 10 nitrogen and oxygen atoms in total. The fraction of sp³-hybridized carbons (Fsp3) is 0.524.